The summed E-state index contributed by atoms with van der Waals surface area (Å²) in [5.41, 5.74) is -0.0616. The van der Waals surface area contributed by atoms with Crippen LogP contribution in [0.2, 0.25) is 4.34 Å². The van der Waals surface area contributed by atoms with Gasteiger partial charge in [-0.1, -0.05) is 17.7 Å². The Hall–Kier alpha value is -1.39. The van der Waals surface area contributed by atoms with Gasteiger partial charge in [0, 0.05) is 0 Å². The molecule has 0 amide bonds. The molecule has 2 aromatic rings. The highest BCUT2D eigenvalue weighted by Gasteiger charge is 2.20. The van der Waals surface area contributed by atoms with E-state index in [0.29, 0.717) is 9.21 Å². The molecule has 0 fully saturated rings. The van der Waals surface area contributed by atoms with Crippen LogP contribution in [0.1, 0.15) is 15.2 Å². The van der Waals surface area contributed by atoms with Crippen LogP contribution in [-0.4, -0.2) is 12.9 Å². The lowest BCUT2D eigenvalue weighted by Gasteiger charge is -2.07. The maximum absolute atomic E-state index is 13.7. The van der Waals surface area contributed by atoms with Crippen molar-refractivity contribution in [2.45, 2.75) is 0 Å². The van der Waals surface area contributed by atoms with Crippen LogP contribution in [0.3, 0.4) is 0 Å². The first kappa shape index (κ1) is 12.1. The number of methoxy groups -OCH3 is 1. The van der Waals surface area contributed by atoms with Gasteiger partial charge < -0.3 is 4.74 Å². The number of benzene rings is 1. The van der Waals surface area contributed by atoms with Gasteiger partial charge in [0.15, 0.2) is 0 Å². The van der Waals surface area contributed by atoms with Crippen LogP contribution in [0.4, 0.5) is 4.39 Å². The maximum atomic E-state index is 13.7. The van der Waals surface area contributed by atoms with E-state index in [9.17, 15) is 9.18 Å². The molecule has 88 valence electrons. The largest absolute Gasteiger partial charge is 0.496 e. The van der Waals surface area contributed by atoms with Crippen LogP contribution < -0.4 is 4.74 Å². The van der Waals surface area contributed by atoms with Gasteiger partial charge in [-0.2, -0.15) is 0 Å². The normalized spacial score (nSPS) is 10.3. The molecule has 0 saturated carbocycles. The Bertz CT molecular complexity index is 565. The Kier molecular flexibility index (Phi) is 3.45. The van der Waals surface area contributed by atoms with Crippen molar-refractivity contribution in [3.63, 3.8) is 0 Å². The molecule has 0 saturated heterocycles. The number of ether oxygens (including phenoxy) is 1. The van der Waals surface area contributed by atoms with Crippen LogP contribution in [0, 0.1) is 5.82 Å². The molecule has 1 aromatic carbocycles. The van der Waals surface area contributed by atoms with Crippen molar-refractivity contribution in [3.05, 3.63) is 50.9 Å². The quantitative estimate of drug-likeness (QED) is 0.794. The Morgan fingerprint density at radius 2 is 2.12 bits per heavy atom. The van der Waals surface area contributed by atoms with Crippen LogP contribution in [-0.2, 0) is 0 Å². The molecule has 0 unspecified atom stereocenters. The van der Waals surface area contributed by atoms with Gasteiger partial charge in [-0.05, 0) is 24.3 Å². The fourth-order valence-corrected chi connectivity index (χ4v) is 2.44. The Morgan fingerprint density at radius 1 is 1.35 bits per heavy atom. The summed E-state index contributed by atoms with van der Waals surface area (Å²) in [5.74, 6) is -0.796. The monoisotopic (exact) mass is 270 g/mol. The predicted molar refractivity (Wildman–Crippen MR) is 65.7 cm³/mol. The summed E-state index contributed by atoms with van der Waals surface area (Å²) in [7, 11) is 1.40. The minimum atomic E-state index is -0.598. The molecule has 0 aliphatic heterocycles. The van der Waals surface area contributed by atoms with Crippen molar-refractivity contribution in [2.24, 2.45) is 0 Å². The zero-order chi connectivity index (χ0) is 12.4. The average Bonchev–Trinajstić information content (AvgIpc) is 2.74. The summed E-state index contributed by atoms with van der Waals surface area (Å²) in [6, 6.07) is 7.44. The van der Waals surface area contributed by atoms with Crippen molar-refractivity contribution < 1.29 is 13.9 Å². The van der Waals surface area contributed by atoms with Gasteiger partial charge in [-0.25, -0.2) is 4.39 Å². The van der Waals surface area contributed by atoms with Crippen LogP contribution in [0.25, 0.3) is 0 Å². The summed E-state index contributed by atoms with van der Waals surface area (Å²) >= 11 is 6.86. The zero-order valence-corrected chi connectivity index (χ0v) is 10.4. The number of carbonyl (C=O) groups is 1. The summed E-state index contributed by atoms with van der Waals surface area (Å²) in [6.07, 6.45) is 0. The second-order valence-electron chi connectivity index (χ2n) is 3.25. The first-order valence-corrected chi connectivity index (χ1v) is 5.95. The summed E-state index contributed by atoms with van der Waals surface area (Å²) in [4.78, 5) is 12.5. The molecule has 0 bridgehead atoms. The van der Waals surface area contributed by atoms with Gasteiger partial charge in [0.25, 0.3) is 0 Å². The lowest BCUT2D eigenvalue weighted by atomic mass is 10.1. The van der Waals surface area contributed by atoms with E-state index in [0.717, 1.165) is 11.3 Å². The molecule has 0 aliphatic rings. The van der Waals surface area contributed by atoms with Crippen molar-refractivity contribution in [1.82, 2.24) is 0 Å². The number of ketones is 1. The van der Waals surface area contributed by atoms with Crippen molar-refractivity contribution in [2.75, 3.05) is 7.11 Å². The van der Waals surface area contributed by atoms with Crippen molar-refractivity contribution in [1.29, 1.82) is 0 Å². The van der Waals surface area contributed by atoms with E-state index in [4.69, 9.17) is 16.3 Å². The lowest BCUT2D eigenvalue weighted by Crippen LogP contribution is -2.05. The van der Waals surface area contributed by atoms with Gasteiger partial charge in [-0.3, -0.25) is 4.79 Å². The Morgan fingerprint density at radius 3 is 2.71 bits per heavy atom. The van der Waals surface area contributed by atoms with E-state index < -0.39 is 11.6 Å². The fourth-order valence-electron chi connectivity index (χ4n) is 1.45. The first-order valence-electron chi connectivity index (χ1n) is 4.76. The summed E-state index contributed by atoms with van der Waals surface area (Å²) < 4.78 is 19.1. The van der Waals surface area contributed by atoms with Crippen LogP contribution in [0.5, 0.6) is 5.75 Å². The molecule has 0 radical (unpaired) electrons. The van der Waals surface area contributed by atoms with E-state index in [-0.39, 0.29) is 11.3 Å². The average molecular weight is 271 g/mol. The molecule has 0 N–H and O–H groups in total. The fraction of sp³-hybridized carbons (Fsp3) is 0.0833. The van der Waals surface area contributed by atoms with Gasteiger partial charge in [0.05, 0.1) is 16.3 Å². The number of hydrogen-bond acceptors (Lipinski definition) is 3. The minimum absolute atomic E-state index is 0.0616. The van der Waals surface area contributed by atoms with E-state index in [1.165, 1.54) is 19.2 Å². The number of carbonyl (C=O) groups excluding carboxylic acids is 1. The molecule has 0 atom stereocenters. The molecule has 1 aromatic heterocycles. The minimum Gasteiger partial charge on any atom is -0.496 e. The highest BCUT2D eigenvalue weighted by molar-refractivity contribution is 7.18. The first-order chi connectivity index (χ1) is 8.13. The summed E-state index contributed by atoms with van der Waals surface area (Å²) in [6.45, 7) is 0. The highest BCUT2D eigenvalue weighted by atomic mass is 35.5. The number of thiophene rings is 1. The Labute approximate surface area is 107 Å². The SMILES string of the molecule is COc1cccc(F)c1C(=O)c1ccc(Cl)s1. The van der Waals surface area contributed by atoms with Crippen molar-refractivity contribution in [3.8, 4) is 5.75 Å². The third kappa shape index (κ3) is 2.33. The van der Waals surface area contributed by atoms with Gasteiger partial charge in [0.1, 0.15) is 17.1 Å². The number of halogens is 2. The Balaban J connectivity index is 2.50. The molecule has 2 rings (SSSR count). The number of hydrogen-bond donors (Lipinski definition) is 0. The van der Waals surface area contributed by atoms with Crippen LogP contribution >= 0.6 is 22.9 Å². The molecule has 0 spiro atoms. The topological polar surface area (TPSA) is 26.3 Å². The van der Waals surface area contributed by atoms with E-state index in [2.05, 4.69) is 0 Å². The summed E-state index contributed by atoms with van der Waals surface area (Å²) in [5, 5.41) is 0. The second-order valence-corrected chi connectivity index (χ2v) is 4.97. The molecule has 1 heterocycles. The van der Waals surface area contributed by atoms with E-state index in [1.807, 2.05) is 0 Å². The smallest absolute Gasteiger partial charge is 0.209 e. The van der Waals surface area contributed by atoms with Gasteiger partial charge >= 0.3 is 0 Å². The van der Waals surface area contributed by atoms with Gasteiger partial charge in [-0.15, -0.1) is 11.3 Å². The lowest BCUT2D eigenvalue weighted by molar-refractivity contribution is 0.103. The van der Waals surface area contributed by atoms with Crippen LogP contribution in [0.15, 0.2) is 30.3 Å². The maximum Gasteiger partial charge on any atom is 0.209 e. The molecule has 2 nitrogen and oxygen atoms in total. The zero-order valence-electron chi connectivity index (χ0n) is 8.87. The number of rotatable bonds is 3. The third-order valence-electron chi connectivity index (χ3n) is 2.22. The molecule has 5 heteroatoms. The molecular weight excluding hydrogens is 263 g/mol. The second kappa shape index (κ2) is 4.85. The van der Waals surface area contributed by atoms with E-state index in [1.54, 1.807) is 18.2 Å². The highest BCUT2D eigenvalue weighted by Crippen LogP contribution is 2.29. The van der Waals surface area contributed by atoms with Crippen molar-refractivity contribution >= 4 is 28.7 Å². The van der Waals surface area contributed by atoms with Gasteiger partial charge in [0.2, 0.25) is 5.78 Å². The standard InChI is InChI=1S/C12H8ClFO2S/c1-16-8-4-2-3-7(14)11(8)12(15)9-5-6-10(13)17-9/h2-6H,1H3. The molecule has 0 aliphatic carbocycles. The molecular formula is C12H8ClFO2S. The third-order valence-corrected chi connectivity index (χ3v) is 3.45. The van der Waals surface area contributed by atoms with E-state index >= 15 is 0 Å². The molecule has 17 heavy (non-hydrogen) atoms. The predicted octanol–water partition coefficient (Wildman–Crippen LogP) is 3.78.